The zero-order valence-corrected chi connectivity index (χ0v) is 21.0. The molecule has 6 nitrogen and oxygen atoms in total. The topological polar surface area (TPSA) is 73.8 Å². The normalized spacial score (nSPS) is 15.0. The molecular formula is C22H31IN4O2S. The summed E-state index contributed by atoms with van der Waals surface area (Å²) in [4.78, 5) is 4.63. The molecule has 2 N–H and O–H groups in total. The molecule has 1 aliphatic heterocycles. The van der Waals surface area contributed by atoms with Crippen LogP contribution in [0.3, 0.4) is 0 Å². The standard InChI is InChI=1S/C22H30N4O2S.HI/c1-17-6-9-20(18(2)14-17)16-25-22(23-3)24-15-19-7-10-21(11-8-19)29(27,28)26-12-4-5-13-26;/h6-11,14H,4-5,12-13,15-16H2,1-3H3,(H2,23,24,25);1H. The fraction of sp³-hybridized carbons (Fsp3) is 0.409. The van der Waals surface area contributed by atoms with E-state index in [9.17, 15) is 8.42 Å². The lowest BCUT2D eigenvalue weighted by atomic mass is 10.1. The summed E-state index contributed by atoms with van der Waals surface area (Å²) < 4.78 is 26.8. The van der Waals surface area contributed by atoms with Crippen LogP contribution in [0, 0.1) is 13.8 Å². The molecule has 8 heteroatoms. The van der Waals surface area contributed by atoms with Gasteiger partial charge in [0.15, 0.2) is 5.96 Å². The summed E-state index contributed by atoms with van der Waals surface area (Å²) in [6, 6.07) is 13.5. The van der Waals surface area contributed by atoms with Crippen LogP contribution in [-0.2, 0) is 23.1 Å². The van der Waals surface area contributed by atoms with Crippen LogP contribution in [0.25, 0.3) is 0 Å². The Morgan fingerprint density at radius 1 is 1.00 bits per heavy atom. The van der Waals surface area contributed by atoms with Crippen molar-refractivity contribution in [1.82, 2.24) is 14.9 Å². The van der Waals surface area contributed by atoms with Gasteiger partial charge in [-0.3, -0.25) is 4.99 Å². The molecule has 0 atom stereocenters. The van der Waals surface area contributed by atoms with Crippen LogP contribution in [0.1, 0.15) is 35.1 Å². The summed E-state index contributed by atoms with van der Waals surface area (Å²) in [5.41, 5.74) is 4.74. The summed E-state index contributed by atoms with van der Waals surface area (Å²) in [5, 5.41) is 6.60. The fourth-order valence-electron chi connectivity index (χ4n) is 3.49. The van der Waals surface area contributed by atoms with Gasteiger partial charge in [-0.25, -0.2) is 8.42 Å². The van der Waals surface area contributed by atoms with Crippen LogP contribution in [0.15, 0.2) is 52.4 Å². The number of guanidine groups is 1. The first-order valence-corrected chi connectivity index (χ1v) is 11.4. The number of halogens is 1. The minimum Gasteiger partial charge on any atom is -0.352 e. The Labute approximate surface area is 197 Å². The van der Waals surface area contributed by atoms with Crippen LogP contribution in [0.4, 0.5) is 0 Å². The lowest BCUT2D eigenvalue weighted by Gasteiger charge is -2.16. The largest absolute Gasteiger partial charge is 0.352 e. The molecule has 0 unspecified atom stereocenters. The molecule has 0 aliphatic carbocycles. The average molecular weight is 542 g/mol. The highest BCUT2D eigenvalue weighted by Crippen LogP contribution is 2.21. The number of nitrogens with zero attached hydrogens (tertiary/aromatic N) is 2. The van der Waals surface area contributed by atoms with E-state index in [-0.39, 0.29) is 24.0 Å². The SMILES string of the molecule is CN=C(NCc1ccc(S(=O)(=O)N2CCCC2)cc1)NCc1ccc(C)cc1C.I. The number of aryl methyl sites for hydroxylation is 2. The summed E-state index contributed by atoms with van der Waals surface area (Å²) >= 11 is 0. The number of hydrogen-bond acceptors (Lipinski definition) is 3. The van der Waals surface area contributed by atoms with Gasteiger partial charge in [-0.1, -0.05) is 35.9 Å². The van der Waals surface area contributed by atoms with Crippen molar-refractivity contribution in [2.75, 3.05) is 20.1 Å². The van der Waals surface area contributed by atoms with Crippen molar-refractivity contribution in [2.24, 2.45) is 4.99 Å². The average Bonchev–Trinajstić information content (AvgIpc) is 3.25. The van der Waals surface area contributed by atoms with E-state index in [1.54, 1.807) is 23.5 Å². The number of sulfonamides is 1. The molecule has 0 aromatic heterocycles. The highest BCUT2D eigenvalue weighted by atomic mass is 127. The van der Waals surface area contributed by atoms with E-state index in [1.165, 1.54) is 16.7 Å². The molecule has 0 radical (unpaired) electrons. The van der Waals surface area contributed by atoms with Gasteiger partial charge in [0.05, 0.1) is 4.90 Å². The molecule has 164 valence electrons. The first kappa shape index (κ1) is 24.6. The second kappa shape index (κ2) is 11.1. The second-order valence-corrected chi connectivity index (χ2v) is 9.40. The monoisotopic (exact) mass is 542 g/mol. The zero-order chi connectivity index (χ0) is 20.9. The van der Waals surface area contributed by atoms with Crippen molar-refractivity contribution < 1.29 is 8.42 Å². The van der Waals surface area contributed by atoms with Gasteiger partial charge in [-0.05, 0) is 55.5 Å². The molecule has 1 saturated heterocycles. The van der Waals surface area contributed by atoms with Gasteiger partial charge in [0.2, 0.25) is 10.0 Å². The maximum atomic E-state index is 12.6. The van der Waals surface area contributed by atoms with Crippen LogP contribution in [0.2, 0.25) is 0 Å². The Balaban J connectivity index is 0.00000320. The molecule has 0 spiro atoms. The first-order valence-electron chi connectivity index (χ1n) is 10.00. The van der Waals surface area contributed by atoms with Gasteiger partial charge in [-0.2, -0.15) is 4.31 Å². The van der Waals surface area contributed by atoms with E-state index in [1.807, 2.05) is 12.1 Å². The third kappa shape index (κ3) is 6.18. The maximum absolute atomic E-state index is 12.6. The van der Waals surface area contributed by atoms with Gasteiger partial charge in [0.1, 0.15) is 0 Å². The first-order chi connectivity index (χ1) is 13.9. The Kier molecular flexibility index (Phi) is 9.11. The van der Waals surface area contributed by atoms with Gasteiger partial charge in [-0.15, -0.1) is 24.0 Å². The van der Waals surface area contributed by atoms with Crippen molar-refractivity contribution in [3.8, 4) is 0 Å². The Bertz CT molecular complexity index is 969. The van der Waals surface area contributed by atoms with Gasteiger partial charge in [0, 0.05) is 33.2 Å². The van der Waals surface area contributed by atoms with Crippen molar-refractivity contribution >= 4 is 40.0 Å². The Morgan fingerprint density at radius 2 is 1.63 bits per heavy atom. The molecule has 2 aromatic rings. The molecule has 3 rings (SSSR count). The van der Waals surface area contributed by atoms with E-state index in [4.69, 9.17) is 0 Å². The third-order valence-corrected chi connectivity index (χ3v) is 7.17. The summed E-state index contributed by atoms with van der Waals surface area (Å²) in [5.74, 6) is 0.707. The lowest BCUT2D eigenvalue weighted by molar-refractivity contribution is 0.477. The number of aliphatic imine (C=N–C) groups is 1. The quantitative estimate of drug-likeness (QED) is 0.333. The molecule has 0 saturated carbocycles. The van der Waals surface area contributed by atoms with Gasteiger partial charge in [0.25, 0.3) is 0 Å². The summed E-state index contributed by atoms with van der Waals surface area (Å²) in [6.45, 7) is 6.70. The highest BCUT2D eigenvalue weighted by Gasteiger charge is 2.26. The smallest absolute Gasteiger partial charge is 0.243 e. The fourth-order valence-corrected chi connectivity index (χ4v) is 5.00. The van der Waals surface area contributed by atoms with Crippen LogP contribution in [-0.4, -0.2) is 38.8 Å². The maximum Gasteiger partial charge on any atom is 0.243 e. The number of nitrogens with one attached hydrogen (secondary N) is 2. The molecular weight excluding hydrogens is 511 g/mol. The molecule has 30 heavy (non-hydrogen) atoms. The Hall–Kier alpha value is -1.65. The van der Waals surface area contributed by atoms with E-state index < -0.39 is 10.0 Å². The Morgan fingerprint density at radius 3 is 2.23 bits per heavy atom. The molecule has 1 fully saturated rings. The van der Waals surface area contributed by atoms with E-state index in [0.717, 1.165) is 18.4 Å². The highest BCUT2D eigenvalue weighted by molar-refractivity contribution is 14.0. The predicted molar refractivity (Wildman–Crippen MR) is 133 cm³/mol. The minimum absolute atomic E-state index is 0. The molecule has 1 heterocycles. The van der Waals surface area contributed by atoms with E-state index >= 15 is 0 Å². The number of hydrogen-bond donors (Lipinski definition) is 2. The molecule has 0 bridgehead atoms. The molecule has 0 amide bonds. The molecule has 1 aliphatic rings. The summed E-state index contributed by atoms with van der Waals surface area (Å²) in [7, 11) is -1.62. The van der Waals surface area contributed by atoms with Gasteiger partial charge < -0.3 is 10.6 Å². The number of rotatable bonds is 6. The summed E-state index contributed by atoms with van der Waals surface area (Å²) in [6.07, 6.45) is 1.88. The van der Waals surface area contributed by atoms with Gasteiger partial charge >= 0.3 is 0 Å². The van der Waals surface area contributed by atoms with Crippen molar-refractivity contribution in [3.63, 3.8) is 0 Å². The van der Waals surface area contributed by atoms with Crippen LogP contribution >= 0.6 is 24.0 Å². The van der Waals surface area contributed by atoms with Crippen molar-refractivity contribution in [2.45, 2.75) is 44.7 Å². The van der Waals surface area contributed by atoms with E-state index in [0.29, 0.717) is 37.0 Å². The van der Waals surface area contributed by atoms with Crippen molar-refractivity contribution in [3.05, 3.63) is 64.7 Å². The van der Waals surface area contributed by atoms with Crippen molar-refractivity contribution in [1.29, 1.82) is 0 Å². The minimum atomic E-state index is -3.36. The van der Waals surface area contributed by atoms with Crippen LogP contribution in [0.5, 0.6) is 0 Å². The predicted octanol–water partition coefficient (Wildman–Crippen LogP) is 3.57. The van der Waals surface area contributed by atoms with E-state index in [2.05, 4.69) is 47.7 Å². The zero-order valence-electron chi connectivity index (χ0n) is 17.8. The number of benzene rings is 2. The lowest BCUT2D eigenvalue weighted by Crippen LogP contribution is -2.36. The third-order valence-electron chi connectivity index (χ3n) is 5.25. The second-order valence-electron chi connectivity index (χ2n) is 7.46. The molecule has 2 aromatic carbocycles. The van der Waals surface area contributed by atoms with Crippen LogP contribution < -0.4 is 10.6 Å².